The number of amidine groups is 1. The second-order valence-electron chi connectivity index (χ2n) is 8.97. The molecule has 0 bridgehead atoms. The molecule has 204 valence electrons. The molecule has 1 amide bonds. The topological polar surface area (TPSA) is 166 Å². The number of hydrogen-bond acceptors (Lipinski definition) is 8. The number of anilines is 3. The van der Waals surface area contributed by atoms with E-state index in [1.165, 1.54) is 0 Å². The number of ether oxygens (including phenoxy) is 1. The quantitative estimate of drug-likeness (QED) is 0.164. The van der Waals surface area contributed by atoms with E-state index in [2.05, 4.69) is 25.8 Å². The molecule has 12 heteroatoms. The van der Waals surface area contributed by atoms with E-state index in [9.17, 15) is 14.7 Å². The van der Waals surface area contributed by atoms with E-state index in [4.69, 9.17) is 27.5 Å². The van der Waals surface area contributed by atoms with Crippen LogP contribution in [0.15, 0.2) is 48.5 Å². The van der Waals surface area contributed by atoms with Crippen molar-refractivity contribution in [3.63, 3.8) is 0 Å². The minimum atomic E-state index is -1.09. The first-order valence-electron chi connectivity index (χ1n) is 12.3. The number of carbonyl (C=O) groups is 2. The van der Waals surface area contributed by atoms with Crippen LogP contribution < -0.4 is 31.3 Å². The van der Waals surface area contributed by atoms with Gasteiger partial charge in [-0.1, -0.05) is 11.6 Å². The monoisotopic (exact) mass is 551 g/mol. The average Bonchev–Trinajstić information content (AvgIpc) is 2.92. The summed E-state index contributed by atoms with van der Waals surface area (Å²) in [6.45, 7) is 4.62. The van der Waals surface area contributed by atoms with Gasteiger partial charge in [-0.2, -0.15) is 0 Å². The molecule has 2 heterocycles. The zero-order chi connectivity index (χ0) is 27.9. The fraction of sp³-hybridized carbons (Fsp3) is 0.259. The third-order valence-electron chi connectivity index (χ3n) is 6.08. The van der Waals surface area contributed by atoms with E-state index >= 15 is 0 Å². The smallest absolute Gasteiger partial charge is 0.341 e. The molecule has 0 unspecified atom stereocenters. The summed E-state index contributed by atoms with van der Waals surface area (Å²) >= 11 is 6.22. The lowest BCUT2D eigenvalue weighted by Gasteiger charge is -2.31. The summed E-state index contributed by atoms with van der Waals surface area (Å²) in [5.41, 5.74) is 9.45. The fourth-order valence-corrected chi connectivity index (χ4v) is 4.40. The Morgan fingerprint density at radius 3 is 2.56 bits per heavy atom. The largest absolute Gasteiger partial charge is 0.479 e. The number of piperazine rings is 1. The van der Waals surface area contributed by atoms with Gasteiger partial charge < -0.3 is 36.4 Å². The SMILES string of the molecule is Cc1cc(N2CCNCC2)c(OCC(=O)O)c(CNc2ccc(Cl)cc2C(=O)Nc2ccc(C(=N)N)cc2)n1. The predicted octanol–water partition coefficient (Wildman–Crippen LogP) is 3.06. The van der Waals surface area contributed by atoms with Crippen LogP contribution >= 0.6 is 11.6 Å². The Kier molecular flexibility index (Phi) is 8.84. The summed E-state index contributed by atoms with van der Waals surface area (Å²) in [4.78, 5) is 31.3. The van der Waals surface area contributed by atoms with Crippen LogP contribution in [0.5, 0.6) is 5.75 Å². The van der Waals surface area contributed by atoms with Crippen molar-refractivity contribution in [1.82, 2.24) is 10.3 Å². The van der Waals surface area contributed by atoms with Crippen molar-refractivity contribution < 1.29 is 19.4 Å². The van der Waals surface area contributed by atoms with E-state index in [-0.39, 0.29) is 12.4 Å². The molecule has 0 aliphatic carbocycles. The molecule has 1 aromatic heterocycles. The summed E-state index contributed by atoms with van der Waals surface area (Å²) in [7, 11) is 0. The van der Waals surface area contributed by atoms with Crippen molar-refractivity contribution in [2.45, 2.75) is 13.5 Å². The standard InChI is InChI=1S/C27H30ClN7O4/c1-16-12-23(35-10-8-31-9-11-35)25(39-15-24(36)37)22(33-16)14-32-21-7-4-18(28)13-20(21)27(38)34-19-5-2-17(3-6-19)26(29)30/h2-7,12-13,31-32H,8-11,14-15H2,1H3,(H3,29,30)(H,34,38)(H,36,37). The van der Waals surface area contributed by atoms with E-state index in [1.54, 1.807) is 42.5 Å². The normalized spacial score (nSPS) is 13.0. The van der Waals surface area contributed by atoms with Crippen LogP contribution in [-0.2, 0) is 11.3 Å². The van der Waals surface area contributed by atoms with Crippen LogP contribution in [-0.4, -0.2) is 60.6 Å². The Balaban J connectivity index is 1.59. The third-order valence-corrected chi connectivity index (χ3v) is 6.31. The van der Waals surface area contributed by atoms with Crippen LogP contribution in [0.25, 0.3) is 0 Å². The van der Waals surface area contributed by atoms with E-state index in [0.717, 1.165) is 37.6 Å². The van der Waals surface area contributed by atoms with Crippen molar-refractivity contribution in [2.75, 3.05) is 48.3 Å². The van der Waals surface area contributed by atoms with Crippen LogP contribution in [0.1, 0.15) is 27.3 Å². The minimum absolute atomic E-state index is 0.0641. The molecule has 2 aromatic carbocycles. The number of aryl methyl sites for hydroxylation is 1. The molecule has 3 aromatic rings. The third kappa shape index (κ3) is 7.15. The van der Waals surface area contributed by atoms with Crippen LogP contribution in [0.2, 0.25) is 5.02 Å². The lowest BCUT2D eigenvalue weighted by molar-refractivity contribution is -0.139. The second-order valence-corrected chi connectivity index (χ2v) is 9.40. The van der Waals surface area contributed by atoms with Gasteiger partial charge in [0.05, 0.1) is 17.8 Å². The Morgan fingerprint density at radius 2 is 1.90 bits per heavy atom. The number of carbonyl (C=O) groups excluding carboxylic acids is 1. The summed E-state index contributed by atoms with van der Waals surface area (Å²) in [5, 5.41) is 26.5. The highest BCUT2D eigenvalue weighted by atomic mass is 35.5. The van der Waals surface area contributed by atoms with Gasteiger partial charge in [0.1, 0.15) is 11.5 Å². The fourth-order valence-electron chi connectivity index (χ4n) is 4.23. The Labute approximate surface area is 230 Å². The number of amides is 1. The number of aliphatic carboxylic acids is 1. The molecule has 11 nitrogen and oxygen atoms in total. The number of aromatic nitrogens is 1. The highest BCUT2D eigenvalue weighted by Crippen LogP contribution is 2.33. The van der Waals surface area contributed by atoms with E-state index in [0.29, 0.717) is 39.0 Å². The number of nitrogens with zero attached hydrogens (tertiary/aromatic N) is 2. The molecular formula is C27H30ClN7O4. The van der Waals surface area contributed by atoms with Crippen molar-refractivity contribution >= 4 is 46.4 Å². The molecule has 0 radical (unpaired) electrons. The Morgan fingerprint density at radius 1 is 1.18 bits per heavy atom. The van der Waals surface area contributed by atoms with Gasteiger partial charge >= 0.3 is 5.97 Å². The van der Waals surface area contributed by atoms with Crippen molar-refractivity contribution in [3.8, 4) is 5.75 Å². The Hall–Kier alpha value is -4.35. The van der Waals surface area contributed by atoms with Gasteiger partial charge in [0.25, 0.3) is 5.91 Å². The van der Waals surface area contributed by atoms with Crippen molar-refractivity contribution in [1.29, 1.82) is 5.41 Å². The molecule has 0 saturated carbocycles. The number of nitrogens with two attached hydrogens (primary N) is 1. The van der Waals surface area contributed by atoms with Gasteiger partial charge in [0.2, 0.25) is 0 Å². The van der Waals surface area contributed by atoms with Crippen LogP contribution in [0.3, 0.4) is 0 Å². The predicted molar refractivity (Wildman–Crippen MR) is 151 cm³/mol. The molecule has 1 fully saturated rings. The zero-order valence-corrected chi connectivity index (χ0v) is 22.1. The van der Waals surface area contributed by atoms with Crippen molar-refractivity contribution in [2.24, 2.45) is 5.73 Å². The zero-order valence-electron chi connectivity index (χ0n) is 21.4. The number of rotatable bonds is 10. The first-order chi connectivity index (χ1) is 18.7. The molecule has 7 N–H and O–H groups in total. The van der Waals surface area contributed by atoms with E-state index < -0.39 is 18.5 Å². The molecule has 1 aliphatic rings. The Bertz CT molecular complexity index is 1380. The molecular weight excluding hydrogens is 522 g/mol. The average molecular weight is 552 g/mol. The first kappa shape index (κ1) is 27.7. The number of nitrogens with one attached hydrogen (secondary N) is 4. The number of pyridine rings is 1. The maximum Gasteiger partial charge on any atom is 0.341 e. The lowest BCUT2D eigenvalue weighted by atomic mass is 10.1. The summed E-state index contributed by atoms with van der Waals surface area (Å²) in [5.74, 6) is -1.15. The van der Waals surface area contributed by atoms with Crippen LogP contribution in [0, 0.1) is 12.3 Å². The maximum absolute atomic E-state index is 13.2. The molecule has 1 saturated heterocycles. The number of nitrogen functional groups attached to an aromatic ring is 1. The van der Waals surface area contributed by atoms with Gasteiger partial charge in [-0.25, -0.2) is 4.79 Å². The first-order valence-corrected chi connectivity index (χ1v) is 12.7. The van der Waals surface area contributed by atoms with Gasteiger partial charge in [-0.05, 0) is 55.5 Å². The number of hydrogen-bond donors (Lipinski definition) is 6. The second kappa shape index (κ2) is 12.5. The number of halogens is 1. The number of carboxylic acid groups (broad SMARTS) is 1. The highest BCUT2D eigenvalue weighted by Gasteiger charge is 2.22. The summed E-state index contributed by atoms with van der Waals surface area (Å²) in [6, 6.07) is 13.4. The van der Waals surface area contributed by atoms with E-state index in [1.807, 2.05) is 13.0 Å². The molecule has 1 aliphatic heterocycles. The molecule has 39 heavy (non-hydrogen) atoms. The van der Waals surface area contributed by atoms with Gasteiger partial charge in [0, 0.05) is 53.8 Å². The van der Waals surface area contributed by atoms with Gasteiger partial charge in [-0.15, -0.1) is 0 Å². The minimum Gasteiger partial charge on any atom is -0.479 e. The van der Waals surface area contributed by atoms with Crippen LogP contribution in [0.4, 0.5) is 17.1 Å². The number of carboxylic acids is 1. The highest BCUT2D eigenvalue weighted by molar-refractivity contribution is 6.31. The molecule has 0 spiro atoms. The molecule has 4 rings (SSSR count). The maximum atomic E-state index is 13.2. The van der Waals surface area contributed by atoms with Gasteiger partial charge in [-0.3, -0.25) is 15.2 Å². The summed E-state index contributed by atoms with van der Waals surface area (Å²) in [6.07, 6.45) is 0. The molecule has 0 atom stereocenters. The number of benzene rings is 2. The lowest BCUT2D eigenvalue weighted by Crippen LogP contribution is -2.43. The van der Waals surface area contributed by atoms with Crippen molar-refractivity contribution in [3.05, 3.63) is 76.1 Å². The van der Waals surface area contributed by atoms with Gasteiger partial charge in [0.15, 0.2) is 12.4 Å². The summed E-state index contributed by atoms with van der Waals surface area (Å²) < 4.78 is 5.74.